The van der Waals surface area contributed by atoms with E-state index < -0.39 is 21.9 Å². The molecule has 2 atom stereocenters. The number of carboxylic acid groups (broad SMARTS) is 1. The fourth-order valence-corrected chi connectivity index (χ4v) is 5.21. The molecule has 0 amide bonds. The van der Waals surface area contributed by atoms with Crippen LogP contribution in [-0.4, -0.2) is 37.2 Å². The Kier molecular flexibility index (Phi) is 8.15. The average Bonchev–Trinajstić information content (AvgIpc) is 2.77. The van der Waals surface area contributed by atoms with Gasteiger partial charge in [0.05, 0.1) is 21.5 Å². The summed E-state index contributed by atoms with van der Waals surface area (Å²) in [6.45, 7) is 2.30. The van der Waals surface area contributed by atoms with Crippen LogP contribution in [-0.2, 0) is 16.3 Å². The highest BCUT2D eigenvalue weighted by molar-refractivity contribution is 7.91. The highest BCUT2D eigenvalue weighted by atomic mass is 35.5. The smallest absolute Gasteiger partial charge is 0.337 e. The van der Waals surface area contributed by atoms with Crippen molar-refractivity contribution in [1.29, 1.82) is 0 Å². The Morgan fingerprint density at radius 1 is 1.00 bits per heavy atom. The Balaban J connectivity index is 1.67. The fourth-order valence-electron chi connectivity index (χ4n) is 3.41. The van der Waals surface area contributed by atoms with Gasteiger partial charge in [0, 0.05) is 22.6 Å². The molecule has 0 aromatic heterocycles. The molecule has 3 N–H and O–H groups in total. The molecule has 0 radical (unpaired) electrons. The number of nitrogens with one attached hydrogen (secondary N) is 1. The lowest BCUT2D eigenvalue weighted by Gasteiger charge is -2.18. The van der Waals surface area contributed by atoms with Crippen LogP contribution in [0, 0.1) is 0 Å². The van der Waals surface area contributed by atoms with E-state index >= 15 is 0 Å². The zero-order valence-electron chi connectivity index (χ0n) is 17.7. The summed E-state index contributed by atoms with van der Waals surface area (Å²) in [7, 11) is -4.03. The van der Waals surface area contributed by atoms with Gasteiger partial charge in [-0.3, -0.25) is 0 Å². The molecule has 0 aliphatic carbocycles. The Morgan fingerprint density at radius 2 is 1.67 bits per heavy atom. The van der Waals surface area contributed by atoms with Gasteiger partial charge < -0.3 is 15.5 Å². The molecule has 0 fully saturated rings. The maximum Gasteiger partial charge on any atom is 0.337 e. The van der Waals surface area contributed by atoms with Crippen molar-refractivity contribution in [3.05, 3.63) is 93.5 Å². The van der Waals surface area contributed by atoms with Crippen LogP contribution < -0.4 is 5.32 Å². The van der Waals surface area contributed by atoms with Gasteiger partial charge in [0.15, 0.2) is 0 Å². The van der Waals surface area contributed by atoms with E-state index in [0.717, 1.165) is 17.2 Å². The minimum Gasteiger partial charge on any atom is -0.478 e. The lowest BCUT2D eigenvalue weighted by atomic mass is 10.1. The number of sulfone groups is 1. The first-order valence-electron chi connectivity index (χ1n) is 10.1. The summed E-state index contributed by atoms with van der Waals surface area (Å²) >= 11 is 11.8. The molecule has 0 aliphatic rings. The number of carbonyl (C=O) groups is 1. The third kappa shape index (κ3) is 6.34. The molecule has 9 heteroatoms. The van der Waals surface area contributed by atoms with E-state index in [4.69, 9.17) is 23.2 Å². The first-order chi connectivity index (χ1) is 15.6. The fraction of sp³-hybridized carbons (Fsp3) is 0.208. The van der Waals surface area contributed by atoms with Crippen LogP contribution in [0.3, 0.4) is 0 Å². The zero-order chi connectivity index (χ0) is 24.2. The molecular formula is C24H23Cl2NO5S. The van der Waals surface area contributed by atoms with Crippen LogP contribution in [0.25, 0.3) is 0 Å². The number of halogens is 2. The van der Waals surface area contributed by atoms with E-state index in [-0.39, 0.29) is 26.4 Å². The third-order valence-electron chi connectivity index (χ3n) is 5.13. The topological polar surface area (TPSA) is 104 Å². The average molecular weight is 508 g/mol. The Bertz CT molecular complexity index is 1250. The van der Waals surface area contributed by atoms with Gasteiger partial charge in [-0.25, -0.2) is 13.2 Å². The van der Waals surface area contributed by atoms with Gasteiger partial charge in [-0.1, -0.05) is 47.5 Å². The molecule has 174 valence electrons. The first kappa shape index (κ1) is 25.2. The molecule has 3 rings (SSSR count). The minimum atomic E-state index is -4.03. The number of aromatic carboxylic acids is 1. The maximum atomic E-state index is 13.0. The standard InChI is InChI=1S/C24H23Cl2NO5S/c1-15(27-14-22(28)17-3-2-4-18(25)12-17)11-16-5-8-20(9-6-16)33(31,32)23-10-7-19(26)13-21(23)24(29)30/h2-10,12-13,15,22,27-28H,11,14H2,1H3,(H,29,30)/t15-,22+/m1/s1. The van der Waals surface area contributed by atoms with Crippen LogP contribution in [0.4, 0.5) is 0 Å². The number of benzene rings is 3. The van der Waals surface area contributed by atoms with Gasteiger partial charge in [-0.2, -0.15) is 0 Å². The summed E-state index contributed by atoms with van der Waals surface area (Å²) in [6, 6.07) is 17.0. The second-order valence-electron chi connectivity index (χ2n) is 7.68. The lowest BCUT2D eigenvalue weighted by molar-refractivity contribution is 0.0692. The van der Waals surface area contributed by atoms with Gasteiger partial charge in [-0.05, 0) is 66.9 Å². The molecule has 0 saturated carbocycles. The van der Waals surface area contributed by atoms with Gasteiger partial charge in [0.2, 0.25) is 9.84 Å². The van der Waals surface area contributed by atoms with Crippen LogP contribution in [0.1, 0.15) is 34.5 Å². The van der Waals surface area contributed by atoms with Crippen molar-refractivity contribution in [3.8, 4) is 0 Å². The predicted molar refractivity (Wildman–Crippen MR) is 128 cm³/mol. The normalized spacial score (nSPS) is 13.5. The van der Waals surface area contributed by atoms with E-state index in [1.165, 1.54) is 24.3 Å². The van der Waals surface area contributed by atoms with Gasteiger partial charge >= 0.3 is 5.97 Å². The number of rotatable bonds is 9. The SMILES string of the molecule is C[C@H](Cc1ccc(S(=O)(=O)c2ccc(Cl)cc2C(=O)O)cc1)NC[C@H](O)c1cccc(Cl)c1. The summed E-state index contributed by atoms with van der Waals surface area (Å²) in [5.41, 5.74) is 1.24. The van der Waals surface area contributed by atoms with Crippen LogP contribution >= 0.6 is 23.2 Å². The molecule has 0 spiro atoms. The number of aliphatic hydroxyl groups is 1. The Labute approximate surface area is 202 Å². The third-order valence-corrected chi connectivity index (χ3v) is 7.43. The first-order valence-corrected chi connectivity index (χ1v) is 12.4. The molecular weight excluding hydrogens is 485 g/mol. The van der Waals surface area contributed by atoms with Crippen molar-refractivity contribution in [1.82, 2.24) is 5.32 Å². The maximum absolute atomic E-state index is 13.0. The molecule has 0 aliphatic heterocycles. The van der Waals surface area contributed by atoms with Crippen LogP contribution in [0.5, 0.6) is 0 Å². The van der Waals surface area contributed by atoms with Crippen LogP contribution in [0.15, 0.2) is 76.5 Å². The van der Waals surface area contributed by atoms with E-state index in [1.807, 2.05) is 6.92 Å². The highest BCUT2D eigenvalue weighted by Gasteiger charge is 2.24. The second kappa shape index (κ2) is 10.7. The number of hydrogen-bond donors (Lipinski definition) is 3. The summed E-state index contributed by atoms with van der Waals surface area (Å²) in [6.07, 6.45) is -0.106. The highest BCUT2D eigenvalue weighted by Crippen LogP contribution is 2.27. The molecule has 3 aromatic rings. The minimum absolute atomic E-state index is 0.00642. The second-order valence-corrected chi connectivity index (χ2v) is 10.5. The molecule has 0 heterocycles. The van der Waals surface area contributed by atoms with Gasteiger partial charge in [0.25, 0.3) is 0 Å². The van der Waals surface area contributed by atoms with Gasteiger partial charge in [-0.15, -0.1) is 0 Å². The molecule has 0 saturated heterocycles. The van der Waals surface area contributed by atoms with Crippen molar-refractivity contribution < 1.29 is 23.4 Å². The van der Waals surface area contributed by atoms with E-state index in [1.54, 1.807) is 36.4 Å². The molecule has 33 heavy (non-hydrogen) atoms. The lowest BCUT2D eigenvalue weighted by Crippen LogP contribution is -2.32. The largest absolute Gasteiger partial charge is 0.478 e. The molecule has 0 unspecified atom stereocenters. The molecule has 6 nitrogen and oxygen atoms in total. The van der Waals surface area contributed by atoms with E-state index in [2.05, 4.69) is 5.32 Å². The Morgan fingerprint density at radius 3 is 2.30 bits per heavy atom. The van der Waals surface area contributed by atoms with Crippen molar-refractivity contribution in [2.75, 3.05) is 6.54 Å². The monoisotopic (exact) mass is 507 g/mol. The zero-order valence-corrected chi connectivity index (χ0v) is 20.0. The van der Waals surface area contributed by atoms with Crippen molar-refractivity contribution in [2.45, 2.75) is 35.3 Å². The van der Waals surface area contributed by atoms with Crippen molar-refractivity contribution in [3.63, 3.8) is 0 Å². The predicted octanol–water partition coefficient (Wildman–Crippen LogP) is 4.78. The quantitative estimate of drug-likeness (QED) is 0.385. The van der Waals surface area contributed by atoms with E-state index in [0.29, 0.717) is 18.0 Å². The van der Waals surface area contributed by atoms with Crippen molar-refractivity contribution in [2.24, 2.45) is 0 Å². The number of hydrogen-bond acceptors (Lipinski definition) is 5. The summed E-state index contributed by atoms with van der Waals surface area (Å²) in [5.74, 6) is -1.37. The number of aliphatic hydroxyl groups excluding tert-OH is 1. The summed E-state index contributed by atoms with van der Waals surface area (Å²) in [5, 5.41) is 23.7. The molecule has 0 bridgehead atoms. The van der Waals surface area contributed by atoms with Gasteiger partial charge in [0.1, 0.15) is 0 Å². The summed E-state index contributed by atoms with van der Waals surface area (Å²) < 4.78 is 26.0. The summed E-state index contributed by atoms with van der Waals surface area (Å²) in [4.78, 5) is 11.2. The number of carboxylic acids is 1. The van der Waals surface area contributed by atoms with E-state index in [9.17, 15) is 23.4 Å². The van der Waals surface area contributed by atoms with Crippen molar-refractivity contribution >= 4 is 39.0 Å². The van der Waals surface area contributed by atoms with Crippen LogP contribution in [0.2, 0.25) is 10.0 Å². The molecule has 3 aromatic carbocycles. The Hall–Kier alpha value is -2.42.